The average molecular weight is 867 g/mol. The minimum Gasteiger partial charge on any atom is -0.479 e. The molecule has 0 radical (unpaired) electrons. The normalized spacial score (nSPS) is 34.4. The lowest BCUT2D eigenvalue weighted by Crippen LogP contribution is -2.59. The van der Waals surface area contributed by atoms with Crippen molar-refractivity contribution >= 4 is 21.6 Å². The molecule has 60 heavy (non-hydrogen) atoms. The number of nitrogens with one attached hydrogen (secondary N) is 2. The summed E-state index contributed by atoms with van der Waals surface area (Å²) < 4.78 is 69.5. The third-order valence-corrected chi connectivity index (χ3v) is 13.4. The first-order valence-electron chi connectivity index (χ1n) is 20.6. The highest BCUT2D eigenvalue weighted by Gasteiger charge is 2.50. The topological polar surface area (TPSA) is 208 Å². The van der Waals surface area contributed by atoms with Crippen LogP contribution in [0.3, 0.4) is 0 Å². The van der Waals surface area contributed by atoms with E-state index in [-0.39, 0.29) is 17.4 Å². The zero-order chi connectivity index (χ0) is 44.9. The molecule has 3 aliphatic rings. The van der Waals surface area contributed by atoms with Crippen LogP contribution in [-0.2, 0) is 43.1 Å². The van der Waals surface area contributed by atoms with E-state index < -0.39 is 94.1 Å². The summed E-state index contributed by atoms with van der Waals surface area (Å²) in [4.78, 5) is 29.7. The van der Waals surface area contributed by atoms with Crippen LogP contribution >= 0.6 is 0 Å². The monoisotopic (exact) mass is 866 g/mol. The van der Waals surface area contributed by atoms with Gasteiger partial charge in [-0.15, -0.1) is 0 Å². The standard InChI is InChI=1S/C43H67FN4O11S/c1-12-34-42(7)20-24(2)38(59-42)25(3)21-43(8,55-10)39(27(5)35(49)28(6)40(52)57-34)58-41-37(51)33(19-26(4)56-41)48(9)18-17-30(47-45)23-46-32(22-44)36(50)29-13-15-31(16-14-29)60(11,53)54/h13-16,20,23,26-28,32-34,36-37,39,41,46-47,50-51H,12,17-19,21-22,45H2,1-11H3/b30-23-,38-25-/t26-,27+,28-,32-,33+,34-,36-,37-,39-,41+,42+,43-/m1/s1. The van der Waals surface area contributed by atoms with Gasteiger partial charge in [0.2, 0.25) is 0 Å². The predicted molar refractivity (Wildman–Crippen MR) is 223 cm³/mol. The van der Waals surface area contributed by atoms with E-state index >= 15 is 0 Å². The molecule has 0 aromatic heterocycles. The molecule has 0 unspecified atom stereocenters. The van der Waals surface area contributed by atoms with E-state index in [1.165, 1.54) is 44.5 Å². The molecular weight excluding hydrogens is 800 g/mol. The number of Topliss-reactive ketones (excluding diaryl/α,β-unsaturated/α-hetero) is 1. The van der Waals surface area contributed by atoms with Crippen LogP contribution in [0.5, 0.6) is 0 Å². The molecule has 1 fully saturated rings. The smallest absolute Gasteiger partial charge is 0.316 e. The van der Waals surface area contributed by atoms with Gasteiger partial charge in [0.15, 0.2) is 27.5 Å². The summed E-state index contributed by atoms with van der Waals surface area (Å²) in [6.07, 6.45) is 0.336. The van der Waals surface area contributed by atoms with Crippen LogP contribution in [0.4, 0.5) is 4.39 Å². The van der Waals surface area contributed by atoms with Crippen LogP contribution in [0.1, 0.15) is 92.7 Å². The van der Waals surface area contributed by atoms with Gasteiger partial charge in [-0.1, -0.05) is 26.0 Å². The lowest BCUT2D eigenvalue weighted by atomic mass is 9.79. The number of nitrogens with two attached hydrogens (primary N) is 1. The summed E-state index contributed by atoms with van der Waals surface area (Å²) in [6, 6.07) is 4.06. The van der Waals surface area contributed by atoms with E-state index in [0.29, 0.717) is 42.8 Å². The zero-order valence-corrected chi connectivity index (χ0v) is 37.7. The minimum atomic E-state index is -3.44. The van der Waals surface area contributed by atoms with Crippen molar-refractivity contribution in [1.29, 1.82) is 0 Å². The number of cyclic esters (lactones) is 1. The van der Waals surface area contributed by atoms with Crippen LogP contribution in [-0.4, -0.2) is 123 Å². The fourth-order valence-corrected chi connectivity index (χ4v) is 9.18. The largest absolute Gasteiger partial charge is 0.479 e. The van der Waals surface area contributed by atoms with Crippen molar-refractivity contribution in [2.45, 2.75) is 146 Å². The number of hydrogen-bond acceptors (Lipinski definition) is 15. The molecule has 0 saturated carbocycles. The number of ketones is 1. The number of allylic oxidation sites excluding steroid dienone is 1. The molecule has 0 amide bonds. The third kappa shape index (κ3) is 11.1. The number of alkyl halides is 1. The number of methoxy groups -OCH3 is 1. The van der Waals surface area contributed by atoms with E-state index in [0.717, 1.165) is 17.4 Å². The van der Waals surface area contributed by atoms with Gasteiger partial charge in [-0.2, -0.15) is 0 Å². The average Bonchev–Trinajstić information content (AvgIpc) is 3.53. The van der Waals surface area contributed by atoms with Crippen LogP contribution in [0.2, 0.25) is 0 Å². The van der Waals surface area contributed by atoms with E-state index in [4.69, 9.17) is 29.5 Å². The number of carbonyl (C=O) groups is 2. The number of aliphatic hydroxyl groups excluding tert-OH is 2. The Labute approximate surface area is 354 Å². The molecule has 1 saturated heterocycles. The third-order valence-electron chi connectivity index (χ3n) is 12.3. The number of likely N-dealkylation sites (N-methyl/N-ethyl adjacent to an activating group) is 1. The Morgan fingerprint density at radius 1 is 1.17 bits per heavy atom. The molecule has 6 N–H and O–H groups in total. The highest BCUT2D eigenvalue weighted by Crippen LogP contribution is 2.42. The van der Waals surface area contributed by atoms with Crippen LogP contribution in [0.15, 0.2) is 64.0 Å². The van der Waals surface area contributed by atoms with Crippen LogP contribution in [0.25, 0.3) is 0 Å². The minimum absolute atomic E-state index is 0.0823. The number of ether oxygens (including phenoxy) is 5. The Bertz CT molecular complexity index is 1880. The lowest BCUT2D eigenvalue weighted by Gasteiger charge is -2.46. The molecule has 2 bridgehead atoms. The van der Waals surface area contributed by atoms with Gasteiger partial charge in [0, 0.05) is 56.6 Å². The molecule has 17 heteroatoms. The predicted octanol–water partition coefficient (Wildman–Crippen LogP) is 3.91. The van der Waals surface area contributed by atoms with Gasteiger partial charge >= 0.3 is 5.97 Å². The second-order valence-electron chi connectivity index (χ2n) is 17.1. The first kappa shape index (κ1) is 49.2. The highest BCUT2D eigenvalue weighted by molar-refractivity contribution is 7.90. The van der Waals surface area contributed by atoms with Gasteiger partial charge < -0.3 is 49.5 Å². The van der Waals surface area contributed by atoms with Crippen molar-refractivity contribution in [2.24, 2.45) is 17.7 Å². The number of halogens is 1. The molecule has 12 atom stereocenters. The quantitative estimate of drug-likeness (QED) is 0.0733. The summed E-state index contributed by atoms with van der Waals surface area (Å²) >= 11 is 0. The molecule has 1 aromatic carbocycles. The lowest BCUT2D eigenvalue weighted by molar-refractivity contribution is -0.294. The number of hydrogen-bond donors (Lipinski definition) is 5. The maximum absolute atomic E-state index is 14.2. The number of nitrogens with zero attached hydrogens (tertiary/aromatic N) is 1. The van der Waals surface area contributed by atoms with Gasteiger partial charge in [-0.05, 0) is 96.4 Å². The van der Waals surface area contributed by atoms with Gasteiger partial charge in [0.1, 0.15) is 36.7 Å². The van der Waals surface area contributed by atoms with Crippen LogP contribution in [0, 0.1) is 11.8 Å². The summed E-state index contributed by atoms with van der Waals surface area (Å²) in [5.74, 6) is 3.37. The van der Waals surface area contributed by atoms with E-state index in [1.807, 2.05) is 59.6 Å². The number of fused-ring (bicyclic) bond motifs is 2. The fraction of sp³-hybridized carbons (Fsp3) is 0.674. The summed E-state index contributed by atoms with van der Waals surface area (Å²) in [6.45, 7) is 14.0. The molecule has 3 aliphatic heterocycles. The molecular formula is C43H67FN4O11S. The van der Waals surface area contributed by atoms with Crippen molar-refractivity contribution < 1.29 is 56.3 Å². The molecule has 3 heterocycles. The SMILES string of the molecule is CC[C@H]1OC(=O)[C@H](C)C(=O)[C@H](C)[C@@H](O[C@@H]2O[C@H](C)C[C@H](N(C)CC/C(=C/N[C@H](CF)[C@H](O)c3ccc(S(C)(=O)=O)cc3)NN)[C@H]2O)[C@](C)(OC)C/C(C)=C2\O[C@@]1(C)C=C2C. The number of aliphatic hydroxyl groups is 2. The first-order valence-corrected chi connectivity index (χ1v) is 22.5. The number of sulfone groups is 1. The van der Waals surface area contributed by atoms with Crippen molar-refractivity contribution in [3.05, 3.63) is 64.7 Å². The molecule has 0 aliphatic carbocycles. The Morgan fingerprint density at radius 3 is 2.38 bits per heavy atom. The maximum Gasteiger partial charge on any atom is 0.316 e. The van der Waals surface area contributed by atoms with E-state index in [2.05, 4.69) is 10.7 Å². The second-order valence-corrected chi connectivity index (χ2v) is 19.1. The Kier molecular flexibility index (Phi) is 16.6. The second kappa shape index (κ2) is 20.2. The van der Waals surface area contributed by atoms with Gasteiger partial charge in [-0.3, -0.25) is 15.4 Å². The maximum atomic E-state index is 14.2. The highest BCUT2D eigenvalue weighted by atomic mass is 32.2. The van der Waals surface area contributed by atoms with E-state index in [9.17, 15) is 32.6 Å². The van der Waals surface area contributed by atoms with Gasteiger partial charge in [-0.25, -0.2) is 12.8 Å². The molecule has 4 rings (SSSR count). The molecule has 15 nitrogen and oxygen atoms in total. The molecule has 338 valence electrons. The van der Waals surface area contributed by atoms with Crippen molar-refractivity contribution in [3.63, 3.8) is 0 Å². The van der Waals surface area contributed by atoms with Crippen molar-refractivity contribution in [3.8, 4) is 0 Å². The van der Waals surface area contributed by atoms with Crippen molar-refractivity contribution in [2.75, 3.05) is 33.6 Å². The number of rotatable bonds is 15. The molecule has 1 aromatic rings. The van der Waals surface area contributed by atoms with E-state index in [1.54, 1.807) is 6.92 Å². The summed E-state index contributed by atoms with van der Waals surface area (Å²) in [5, 5.41) is 25.6. The Morgan fingerprint density at radius 2 is 1.82 bits per heavy atom. The first-order chi connectivity index (χ1) is 28.0. The zero-order valence-electron chi connectivity index (χ0n) is 36.9. The number of benzene rings is 1. The number of hydrazine groups is 1. The summed E-state index contributed by atoms with van der Waals surface area (Å²) in [7, 11) is -0.0691. The summed E-state index contributed by atoms with van der Waals surface area (Å²) in [5.41, 5.74) is 3.06. The Hall–Kier alpha value is -3.42. The van der Waals surface area contributed by atoms with Crippen LogP contribution < -0.4 is 16.6 Å². The molecule has 0 spiro atoms. The fourth-order valence-electron chi connectivity index (χ4n) is 8.55. The van der Waals surface area contributed by atoms with Gasteiger partial charge in [0.05, 0.1) is 28.7 Å². The van der Waals surface area contributed by atoms with Crippen molar-refractivity contribution in [1.82, 2.24) is 15.6 Å². The van der Waals surface area contributed by atoms with Gasteiger partial charge in [0.25, 0.3) is 0 Å². The Balaban J connectivity index is 1.54. The number of carbonyl (C=O) groups excluding carboxylic acids is 2. The number of esters is 1.